The van der Waals surface area contributed by atoms with Crippen LogP contribution in [0, 0.1) is 6.92 Å². The molecule has 1 aromatic heterocycles. The van der Waals surface area contributed by atoms with E-state index in [1.54, 1.807) is 14.0 Å². The van der Waals surface area contributed by atoms with E-state index in [2.05, 4.69) is 0 Å². The first kappa shape index (κ1) is 12.2. The van der Waals surface area contributed by atoms with Crippen LogP contribution in [0.25, 0.3) is 0 Å². The topological polar surface area (TPSA) is 83.4 Å². The molecule has 1 aromatic rings. The van der Waals surface area contributed by atoms with Crippen molar-refractivity contribution in [3.8, 4) is 0 Å². The molecule has 6 nitrogen and oxygen atoms in total. The molecular weight excluding hydrogens is 212 g/mol. The van der Waals surface area contributed by atoms with E-state index in [9.17, 15) is 9.59 Å². The van der Waals surface area contributed by atoms with E-state index in [-0.39, 0.29) is 17.4 Å². The zero-order chi connectivity index (χ0) is 12.6. The molecule has 0 aliphatic rings. The molecule has 0 saturated heterocycles. The third-order valence-electron chi connectivity index (χ3n) is 2.56. The van der Waals surface area contributed by atoms with Gasteiger partial charge in [-0.15, -0.1) is 0 Å². The summed E-state index contributed by atoms with van der Waals surface area (Å²) in [7, 11) is 1.55. The first-order valence-electron chi connectivity index (χ1n) is 4.86. The van der Waals surface area contributed by atoms with Crippen LogP contribution in [0.5, 0.6) is 0 Å². The average Bonchev–Trinajstić information content (AvgIpc) is 2.39. The summed E-state index contributed by atoms with van der Waals surface area (Å²) in [5.74, 6) is -1.86. The van der Waals surface area contributed by atoms with Gasteiger partial charge in [0.15, 0.2) is 0 Å². The number of nitrogens with zero attached hydrogens (tertiary/aromatic N) is 2. The first-order valence-corrected chi connectivity index (χ1v) is 4.86. The molecule has 0 spiro atoms. The summed E-state index contributed by atoms with van der Waals surface area (Å²) >= 11 is 0. The van der Waals surface area contributed by atoms with Crippen molar-refractivity contribution in [2.45, 2.75) is 26.8 Å². The number of imidazole rings is 1. The molecule has 0 amide bonds. The third-order valence-corrected chi connectivity index (χ3v) is 2.56. The van der Waals surface area contributed by atoms with Gasteiger partial charge in [0, 0.05) is 6.92 Å². The molecule has 0 aliphatic heterocycles. The molecule has 0 unspecified atom stereocenters. The molecule has 6 heteroatoms. The van der Waals surface area contributed by atoms with Gasteiger partial charge in [0.05, 0.1) is 13.1 Å². The number of carboxylic acid groups (broad SMARTS) is 2. The molecule has 0 atom stereocenters. The van der Waals surface area contributed by atoms with Crippen molar-refractivity contribution < 1.29 is 24.4 Å². The van der Waals surface area contributed by atoms with Gasteiger partial charge in [0.1, 0.15) is 0 Å². The molecule has 0 aliphatic carbocycles. The standard InChI is InChI=1S/C10H14N2O4/c1-5(2)12-6(3)11(4)7(9(13)14)8(12)10(15)16/h5H,1-4H3,(H-,13,14,15,16)/p+1. The van der Waals surface area contributed by atoms with Crippen LogP contribution in [0.3, 0.4) is 0 Å². The van der Waals surface area contributed by atoms with Gasteiger partial charge in [-0.25, -0.2) is 18.7 Å². The van der Waals surface area contributed by atoms with Crippen molar-refractivity contribution in [1.82, 2.24) is 4.57 Å². The fourth-order valence-electron chi connectivity index (χ4n) is 1.84. The Balaban J connectivity index is 3.69. The third kappa shape index (κ3) is 1.66. The molecule has 0 radical (unpaired) electrons. The van der Waals surface area contributed by atoms with Crippen LogP contribution in [0.1, 0.15) is 46.7 Å². The number of aromatic carboxylic acids is 2. The Morgan fingerprint density at radius 3 is 2.06 bits per heavy atom. The molecule has 1 heterocycles. The zero-order valence-electron chi connectivity index (χ0n) is 9.68. The molecule has 0 aromatic carbocycles. The van der Waals surface area contributed by atoms with Gasteiger partial charge in [0.25, 0.3) is 17.2 Å². The summed E-state index contributed by atoms with van der Waals surface area (Å²) in [5, 5.41) is 18.1. The SMILES string of the molecule is Cc1n(C(C)C)c(C(=O)O)c(C(=O)O)[n+]1C. The van der Waals surface area contributed by atoms with Crippen molar-refractivity contribution in [1.29, 1.82) is 0 Å². The van der Waals surface area contributed by atoms with Gasteiger partial charge in [-0.3, -0.25) is 0 Å². The van der Waals surface area contributed by atoms with Gasteiger partial charge in [-0.05, 0) is 13.8 Å². The van der Waals surface area contributed by atoms with Crippen LogP contribution >= 0.6 is 0 Å². The summed E-state index contributed by atoms with van der Waals surface area (Å²) < 4.78 is 2.89. The van der Waals surface area contributed by atoms with E-state index in [1.165, 1.54) is 9.13 Å². The van der Waals surface area contributed by atoms with Crippen LogP contribution in [0.2, 0.25) is 0 Å². The quantitative estimate of drug-likeness (QED) is 0.740. The van der Waals surface area contributed by atoms with Crippen molar-refractivity contribution >= 4 is 11.9 Å². The summed E-state index contributed by atoms with van der Waals surface area (Å²) in [6.45, 7) is 5.31. The van der Waals surface area contributed by atoms with Gasteiger partial charge >= 0.3 is 11.9 Å². The predicted octanol–water partition coefficient (Wildman–Crippen LogP) is 0.598. The smallest absolute Gasteiger partial charge is 0.380 e. The lowest BCUT2D eigenvalue weighted by molar-refractivity contribution is -0.679. The van der Waals surface area contributed by atoms with Crippen molar-refractivity contribution in [3.05, 3.63) is 17.2 Å². The molecule has 0 bridgehead atoms. The second-order valence-electron chi connectivity index (χ2n) is 3.88. The maximum Gasteiger partial charge on any atom is 0.380 e. The Kier molecular flexibility index (Phi) is 3.02. The van der Waals surface area contributed by atoms with Crippen LogP contribution in [0.4, 0.5) is 0 Å². The number of aromatic nitrogens is 2. The monoisotopic (exact) mass is 227 g/mol. The normalized spacial score (nSPS) is 10.8. The highest BCUT2D eigenvalue weighted by Gasteiger charge is 2.36. The molecule has 88 valence electrons. The van der Waals surface area contributed by atoms with Gasteiger partial charge < -0.3 is 10.2 Å². The number of carbonyl (C=O) groups is 2. The Labute approximate surface area is 92.7 Å². The Hall–Kier alpha value is -1.85. The fraction of sp³-hybridized carbons (Fsp3) is 0.500. The zero-order valence-corrected chi connectivity index (χ0v) is 9.68. The van der Waals surface area contributed by atoms with E-state index in [0.29, 0.717) is 5.82 Å². The van der Waals surface area contributed by atoms with Crippen LogP contribution in [0.15, 0.2) is 0 Å². The van der Waals surface area contributed by atoms with Gasteiger partial charge in [-0.2, -0.15) is 0 Å². The van der Waals surface area contributed by atoms with E-state index in [4.69, 9.17) is 10.2 Å². The van der Waals surface area contributed by atoms with Crippen LogP contribution in [-0.4, -0.2) is 26.7 Å². The molecule has 2 N–H and O–H groups in total. The minimum absolute atomic E-state index is 0.106. The van der Waals surface area contributed by atoms with Gasteiger partial charge in [0.2, 0.25) is 0 Å². The second-order valence-corrected chi connectivity index (χ2v) is 3.88. The van der Waals surface area contributed by atoms with E-state index >= 15 is 0 Å². The summed E-state index contributed by atoms with van der Waals surface area (Å²) in [4.78, 5) is 22.2. The first-order chi connectivity index (χ1) is 7.29. The molecule has 0 fully saturated rings. The van der Waals surface area contributed by atoms with Crippen molar-refractivity contribution in [2.24, 2.45) is 7.05 Å². The largest absolute Gasteiger partial charge is 0.475 e. The van der Waals surface area contributed by atoms with Crippen LogP contribution < -0.4 is 4.57 Å². The lowest BCUT2D eigenvalue weighted by atomic mass is 10.3. The highest BCUT2D eigenvalue weighted by molar-refractivity contribution is 5.98. The highest BCUT2D eigenvalue weighted by atomic mass is 16.4. The van der Waals surface area contributed by atoms with E-state index < -0.39 is 11.9 Å². The maximum atomic E-state index is 11.1. The molecule has 0 saturated carbocycles. The minimum atomic E-state index is -1.23. The Morgan fingerprint density at radius 1 is 1.25 bits per heavy atom. The fourth-order valence-corrected chi connectivity index (χ4v) is 1.84. The summed E-state index contributed by atoms with van der Waals surface area (Å²) in [5.41, 5.74) is -0.374. The second kappa shape index (κ2) is 3.96. The van der Waals surface area contributed by atoms with Crippen molar-refractivity contribution in [3.63, 3.8) is 0 Å². The number of carboxylic acids is 2. The van der Waals surface area contributed by atoms with Gasteiger partial charge in [-0.1, -0.05) is 0 Å². The van der Waals surface area contributed by atoms with E-state index in [1.807, 2.05) is 13.8 Å². The predicted molar refractivity (Wildman–Crippen MR) is 54.6 cm³/mol. The average molecular weight is 227 g/mol. The summed E-state index contributed by atoms with van der Waals surface area (Å²) in [6.07, 6.45) is 0. The van der Waals surface area contributed by atoms with Crippen LogP contribution in [-0.2, 0) is 7.05 Å². The molecular formula is C10H15N2O4+. The van der Waals surface area contributed by atoms with Crippen molar-refractivity contribution in [2.75, 3.05) is 0 Å². The number of hydrogen-bond acceptors (Lipinski definition) is 2. The molecule has 16 heavy (non-hydrogen) atoms. The number of hydrogen-bond donors (Lipinski definition) is 2. The highest BCUT2D eigenvalue weighted by Crippen LogP contribution is 2.16. The maximum absolute atomic E-state index is 11.1. The number of rotatable bonds is 3. The lowest BCUT2D eigenvalue weighted by Gasteiger charge is -2.03. The van der Waals surface area contributed by atoms with E-state index in [0.717, 1.165) is 0 Å². The molecule has 1 rings (SSSR count). The Morgan fingerprint density at radius 2 is 1.75 bits per heavy atom. The lowest BCUT2D eigenvalue weighted by Crippen LogP contribution is -2.37. The summed E-state index contributed by atoms with van der Waals surface area (Å²) in [6, 6.07) is -0.106. The Bertz CT molecular complexity index is 460. The minimum Gasteiger partial charge on any atom is -0.475 e.